The molecule has 0 aliphatic heterocycles. The summed E-state index contributed by atoms with van der Waals surface area (Å²) in [5.41, 5.74) is 1.69. The minimum atomic E-state index is -0.384. The Morgan fingerprint density at radius 2 is 1.85 bits per heavy atom. The molecule has 0 radical (unpaired) electrons. The Balaban J connectivity index is 2.15. The van der Waals surface area contributed by atoms with Crippen LogP contribution in [0.5, 0.6) is 11.5 Å². The van der Waals surface area contributed by atoms with E-state index in [0.717, 1.165) is 12.1 Å². The summed E-state index contributed by atoms with van der Waals surface area (Å²) in [6, 6.07) is 7.98. The highest BCUT2D eigenvalue weighted by Gasteiger charge is 2.14. The summed E-state index contributed by atoms with van der Waals surface area (Å²) in [5.74, 6) is 1.23. The summed E-state index contributed by atoms with van der Waals surface area (Å²) < 4.78 is 24.7. The molecule has 0 saturated heterocycles. The standard InChI is InChI=1S/C20H24Cl2FNO2/c1-4-25-19-8-14(11-24-10-13(2)3)7-18(22)20(19)26-12-15-5-6-16(23)9-17(15)21/h5-9,13,24H,4,10-12H2,1-3H3. The van der Waals surface area contributed by atoms with Gasteiger partial charge in [0.2, 0.25) is 0 Å². The zero-order valence-electron chi connectivity index (χ0n) is 15.2. The summed E-state index contributed by atoms with van der Waals surface area (Å²) in [4.78, 5) is 0. The van der Waals surface area contributed by atoms with Gasteiger partial charge < -0.3 is 14.8 Å². The van der Waals surface area contributed by atoms with E-state index in [1.807, 2.05) is 19.1 Å². The van der Waals surface area contributed by atoms with Crippen LogP contribution in [0.1, 0.15) is 31.9 Å². The van der Waals surface area contributed by atoms with Gasteiger partial charge in [0, 0.05) is 12.1 Å². The van der Waals surface area contributed by atoms with Crippen molar-refractivity contribution in [2.75, 3.05) is 13.2 Å². The van der Waals surface area contributed by atoms with E-state index >= 15 is 0 Å². The largest absolute Gasteiger partial charge is 0.490 e. The molecule has 0 spiro atoms. The Kier molecular flexibility index (Phi) is 8.01. The number of ether oxygens (including phenoxy) is 2. The number of nitrogens with one attached hydrogen (secondary N) is 1. The molecule has 6 heteroatoms. The predicted octanol–water partition coefficient (Wildman–Crippen LogP) is 5.86. The van der Waals surface area contributed by atoms with E-state index < -0.39 is 0 Å². The minimum Gasteiger partial charge on any atom is -0.490 e. The Labute approximate surface area is 164 Å². The molecule has 0 aliphatic carbocycles. The molecule has 0 unspecified atom stereocenters. The maximum atomic E-state index is 13.2. The number of hydrogen-bond acceptors (Lipinski definition) is 3. The molecule has 0 atom stereocenters. The highest BCUT2D eigenvalue weighted by Crippen LogP contribution is 2.37. The van der Waals surface area contributed by atoms with Crippen LogP contribution in [0.2, 0.25) is 10.0 Å². The number of benzene rings is 2. The molecule has 2 aromatic carbocycles. The van der Waals surface area contributed by atoms with Crippen molar-refractivity contribution >= 4 is 23.2 Å². The molecule has 0 bridgehead atoms. The molecule has 2 aromatic rings. The monoisotopic (exact) mass is 399 g/mol. The van der Waals surface area contributed by atoms with Crippen LogP contribution in [0.4, 0.5) is 4.39 Å². The van der Waals surface area contributed by atoms with Gasteiger partial charge >= 0.3 is 0 Å². The van der Waals surface area contributed by atoms with E-state index in [2.05, 4.69) is 19.2 Å². The topological polar surface area (TPSA) is 30.5 Å². The quantitative estimate of drug-likeness (QED) is 0.572. The van der Waals surface area contributed by atoms with Gasteiger partial charge in [-0.25, -0.2) is 4.39 Å². The van der Waals surface area contributed by atoms with Crippen molar-refractivity contribution in [3.63, 3.8) is 0 Å². The van der Waals surface area contributed by atoms with Crippen LogP contribution in [0.15, 0.2) is 30.3 Å². The fourth-order valence-corrected chi connectivity index (χ4v) is 2.93. The van der Waals surface area contributed by atoms with Gasteiger partial charge in [0.25, 0.3) is 0 Å². The number of hydrogen-bond donors (Lipinski definition) is 1. The van der Waals surface area contributed by atoms with Gasteiger partial charge in [-0.05, 0) is 49.2 Å². The van der Waals surface area contributed by atoms with Crippen LogP contribution >= 0.6 is 23.2 Å². The molecule has 26 heavy (non-hydrogen) atoms. The maximum Gasteiger partial charge on any atom is 0.180 e. The Morgan fingerprint density at radius 3 is 2.50 bits per heavy atom. The molecule has 0 heterocycles. The predicted molar refractivity (Wildman–Crippen MR) is 105 cm³/mol. The lowest BCUT2D eigenvalue weighted by Gasteiger charge is -2.16. The van der Waals surface area contributed by atoms with Crippen molar-refractivity contribution < 1.29 is 13.9 Å². The highest BCUT2D eigenvalue weighted by molar-refractivity contribution is 6.32. The number of halogens is 3. The molecule has 142 valence electrons. The zero-order chi connectivity index (χ0) is 19.1. The summed E-state index contributed by atoms with van der Waals surface area (Å²) in [6.07, 6.45) is 0. The normalized spacial score (nSPS) is 11.0. The van der Waals surface area contributed by atoms with Crippen molar-refractivity contribution in [2.45, 2.75) is 33.9 Å². The van der Waals surface area contributed by atoms with Crippen LogP contribution in [0.25, 0.3) is 0 Å². The van der Waals surface area contributed by atoms with Gasteiger partial charge in [-0.2, -0.15) is 0 Å². The van der Waals surface area contributed by atoms with Gasteiger partial charge in [-0.3, -0.25) is 0 Å². The van der Waals surface area contributed by atoms with Gasteiger partial charge in [0.1, 0.15) is 12.4 Å². The van der Waals surface area contributed by atoms with Crippen molar-refractivity contribution in [3.8, 4) is 11.5 Å². The average molecular weight is 400 g/mol. The summed E-state index contributed by atoms with van der Waals surface area (Å²) in [6.45, 7) is 8.49. The first kappa shape index (κ1) is 20.8. The van der Waals surface area contributed by atoms with E-state index in [0.29, 0.717) is 46.2 Å². The van der Waals surface area contributed by atoms with Crippen LogP contribution < -0.4 is 14.8 Å². The lowest BCUT2D eigenvalue weighted by molar-refractivity contribution is 0.269. The van der Waals surface area contributed by atoms with Crippen molar-refractivity contribution in [1.29, 1.82) is 0 Å². The molecular weight excluding hydrogens is 376 g/mol. The van der Waals surface area contributed by atoms with E-state index in [1.165, 1.54) is 12.1 Å². The molecule has 0 amide bonds. The second-order valence-electron chi connectivity index (χ2n) is 6.39. The van der Waals surface area contributed by atoms with Gasteiger partial charge in [0.05, 0.1) is 16.7 Å². The summed E-state index contributed by atoms with van der Waals surface area (Å²) >= 11 is 12.5. The van der Waals surface area contributed by atoms with Gasteiger partial charge in [-0.15, -0.1) is 0 Å². The maximum absolute atomic E-state index is 13.2. The Hall–Kier alpha value is -1.49. The molecular formula is C20H24Cl2FNO2. The first-order valence-electron chi connectivity index (χ1n) is 8.63. The number of rotatable bonds is 9. The van der Waals surface area contributed by atoms with Crippen LogP contribution in [0.3, 0.4) is 0 Å². The lowest BCUT2D eigenvalue weighted by Crippen LogP contribution is -2.19. The summed E-state index contributed by atoms with van der Waals surface area (Å²) in [7, 11) is 0. The van der Waals surface area contributed by atoms with Crippen LogP contribution in [0, 0.1) is 11.7 Å². The first-order valence-corrected chi connectivity index (χ1v) is 9.39. The third-order valence-electron chi connectivity index (χ3n) is 3.64. The second-order valence-corrected chi connectivity index (χ2v) is 7.20. The molecule has 1 N–H and O–H groups in total. The van der Waals surface area contributed by atoms with Crippen molar-refractivity contribution in [3.05, 3.63) is 57.3 Å². The Bertz CT molecular complexity index is 738. The zero-order valence-corrected chi connectivity index (χ0v) is 16.8. The van der Waals surface area contributed by atoms with Gasteiger partial charge in [-0.1, -0.05) is 43.1 Å². The smallest absolute Gasteiger partial charge is 0.180 e. The molecule has 0 aromatic heterocycles. The minimum absolute atomic E-state index is 0.170. The molecule has 3 nitrogen and oxygen atoms in total. The van der Waals surface area contributed by atoms with Crippen molar-refractivity contribution in [2.24, 2.45) is 5.92 Å². The summed E-state index contributed by atoms with van der Waals surface area (Å²) in [5, 5.41) is 4.16. The molecule has 0 fully saturated rings. The SMILES string of the molecule is CCOc1cc(CNCC(C)C)cc(Cl)c1OCc1ccc(F)cc1Cl. The van der Waals surface area contributed by atoms with Gasteiger partial charge in [0.15, 0.2) is 11.5 Å². The molecule has 0 saturated carbocycles. The van der Waals surface area contributed by atoms with Crippen LogP contribution in [-0.2, 0) is 13.2 Å². The third kappa shape index (κ3) is 6.04. The van der Waals surface area contributed by atoms with Crippen molar-refractivity contribution in [1.82, 2.24) is 5.32 Å². The van der Waals surface area contributed by atoms with E-state index in [4.69, 9.17) is 32.7 Å². The average Bonchev–Trinajstić information content (AvgIpc) is 2.55. The third-order valence-corrected chi connectivity index (χ3v) is 4.27. The molecule has 0 aliphatic rings. The Morgan fingerprint density at radius 1 is 1.08 bits per heavy atom. The van der Waals surface area contributed by atoms with E-state index in [1.54, 1.807) is 6.07 Å². The lowest BCUT2D eigenvalue weighted by atomic mass is 10.1. The van der Waals surface area contributed by atoms with E-state index in [9.17, 15) is 4.39 Å². The fourth-order valence-electron chi connectivity index (χ4n) is 2.42. The highest BCUT2D eigenvalue weighted by atomic mass is 35.5. The second kappa shape index (κ2) is 10.0. The van der Waals surface area contributed by atoms with Crippen LogP contribution in [-0.4, -0.2) is 13.2 Å². The van der Waals surface area contributed by atoms with E-state index in [-0.39, 0.29) is 12.4 Å². The molecule has 2 rings (SSSR count). The first-order chi connectivity index (χ1) is 12.4. The fraction of sp³-hybridized carbons (Fsp3) is 0.400.